The maximum atomic E-state index is 12.5. The molecule has 22 heavy (non-hydrogen) atoms. The summed E-state index contributed by atoms with van der Waals surface area (Å²) in [5.41, 5.74) is 1.22. The molecular weight excluding hydrogens is 284 g/mol. The zero-order valence-corrected chi connectivity index (χ0v) is 12.4. The smallest absolute Gasteiger partial charge is 0.303 e. The largest absolute Gasteiger partial charge is 0.481 e. The molecule has 1 amide bonds. The monoisotopic (exact) mass is 302 g/mol. The second-order valence-electron chi connectivity index (χ2n) is 5.03. The van der Waals surface area contributed by atoms with Gasteiger partial charge in [0.15, 0.2) is 5.69 Å². The average molecular weight is 302 g/mol. The number of aryl methyl sites for hydroxylation is 1. The van der Waals surface area contributed by atoms with E-state index in [-0.39, 0.29) is 18.0 Å². The quantitative estimate of drug-likeness (QED) is 0.849. The summed E-state index contributed by atoms with van der Waals surface area (Å²) in [6, 6.07) is 11.1. The predicted molar refractivity (Wildman–Crippen MR) is 79.3 cm³/mol. The standard InChI is InChI=1S/C16H18N2O4/c1-12-10-14(17-22-12)16(21)18(9-5-8-15(19)20)11-13-6-3-2-4-7-13/h2-4,6-7,10H,5,8-9,11H2,1H3,(H,19,20). The molecule has 0 aliphatic carbocycles. The number of amides is 1. The van der Waals surface area contributed by atoms with Crippen LogP contribution < -0.4 is 0 Å². The Balaban J connectivity index is 2.09. The molecule has 1 N–H and O–H groups in total. The normalized spacial score (nSPS) is 10.4. The van der Waals surface area contributed by atoms with Crippen molar-refractivity contribution in [3.05, 3.63) is 53.4 Å². The Kier molecular flexibility index (Phi) is 5.30. The first kappa shape index (κ1) is 15.8. The number of carbonyl (C=O) groups is 2. The SMILES string of the molecule is Cc1cc(C(=O)N(CCCC(=O)O)Cc2ccccc2)no1. The topological polar surface area (TPSA) is 83.6 Å². The second kappa shape index (κ2) is 7.40. The van der Waals surface area contributed by atoms with E-state index in [9.17, 15) is 9.59 Å². The van der Waals surface area contributed by atoms with Gasteiger partial charge in [-0.3, -0.25) is 9.59 Å². The molecule has 0 spiro atoms. The summed E-state index contributed by atoms with van der Waals surface area (Å²) in [5, 5.41) is 12.5. The number of benzene rings is 1. The molecule has 1 aromatic heterocycles. The van der Waals surface area contributed by atoms with Crippen LogP contribution in [0.25, 0.3) is 0 Å². The van der Waals surface area contributed by atoms with E-state index < -0.39 is 5.97 Å². The molecule has 6 heteroatoms. The van der Waals surface area contributed by atoms with Crippen molar-refractivity contribution in [1.29, 1.82) is 0 Å². The van der Waals surface area contributed by atoms with Crippen molar-refractivity contribution in [3.63, 3.8) is 0 Å². The number of carboxylic acids is 1. The summed E-state index contributed by atoms with van der Waals surface area (Å²) in [6.07, 6.45) is 0.418. The van der Waals surface area contributed by atoms with Crippen molar-refractivity contribution in [3.8, 4) is 0 Å². The fourth-order valence-corrected chi connectivity index (χ4v) is 2.11. The Hall–Kier alpha value is -2.63. The molecule has 6 nitrogen and oxygen atoms in total. The van der Waals surface area contributed by atoms with Gasteiger partial charge in [0.1, 0.15) is 5.76 Å². The molecule has 0 fully saturated rings. The summed E-state index contributed by atoms with van der Waals surface area (Å²) >= 11 is 0. The van der Waals surface area contributed by atoms with E-state index >= 15 is 0 Å². The van der Waals surface area contributed by atoms with Gasteiger partial charge in [-0.15, -0.1) is 0 Å². The lowest BCUT2D eigenvalue weighted by molar-refractivity contribution is -0.137. The van der Waals surface area contributed by atoms with E-state index in [2.05, 4.69) is 5.16 Å². The fourth-order valence-electron chi connectivity index (χ4n) is 2.11. The average Bonchev–Trinajstić information content (AvgIpc) is 2.93. The Labute approximate surface area is 128 Å². The van der Waals surface area contributed by atoms with Gasteiger partial charge >= 0.3 is 5.97 Å². The third-order valence-corrected chi connectivity index (χ3v) is 3.17. The molecule has 0 atom stereocenters. The van der Waals surface area contributed by atoms with Gasteiger partial charge in [-0.25, -0.2) is 0 Å². The number of nitrogens with zero attached hydrogens (tertiary/aromatic N) is 2. The van der Waals surface area contributed by atoms with Crippen molar-refractivity contribution in [1.82, 2.24) is 10.1 Å². The number of rotatable bonds is 7. The molecule has 0 unspecified atom stereocenters. The highest BCUT2D eigenvalue weighted by Crippen LogP contribution is 2.11. The van der Waals surface area contributed by atoms with Gasteiger partial charge in [0, 0.05) is 25.6 Å². The van der Waals surface area contributed by atoms with Gasteiger partial charge in [-0.05, 0) is 18.9 Å². The molecule has 0 aliphatic heterocycles. The number of carbonyl (C=O) groups excluding carboxylic acids is 1. The summed E-state index contributed by atoms with van der Waals surface area (Å²) in [5.74, 6) is -0.566. The molecule has 1 heterocycles. The van der Waals surface area contributed by atoms with E-state index in [1.54, 1.807) is 17.9 Å². The molecular formula is C16H18N2O4. The minimum Gasteiger partial charge on any atom is -0.481 e. The summed E-state index contributed by atoms with van der Waals surface area (Å²) in [4.78, 5) is 24.7. The zero-order valence-electron chi connectivity index (χ0n) is 12.4. The van der Waals surface area contributed by atoms with Gasteiger partial charge in [0.05, 0.1) is 0 Å². The maximum Gasteiger partial charge on any atom is 0.303 e. The third kappa shape index (κ3) is 4.44. The van der Waals surface area contributed by atoms with Crippen LogP contribution in [0.5, 0.6) is 0 Å². The lowest BCUT2D eigenvalue weighted by atomic mass is 10.2. The number of hydrogen-bond donors (Lipinski definition) is 1. The molecule has 0 bridgehead atoms. The van der Waals surface area contributed by atoms with Crippen LogP contribution in [0.1, 0.15) is 34.7 Å². The van der Waals surface area contributed by atoms with Crippen molar-refractivity contribution in [2.24, 2.45) is 0 Å². The van der Waals surface area contributed by atoms with E-state index in [1.165, 1.54) is 0 Å². The number of aromatic nitrogens is 1. The van der Waals surface area contributed by atoms with Crippen molar-refractivity contribution in [2.45, 2.75) is 26.3 Å². The van der Waals surface area contributed by atoms with Crippen LogP contribution in [0.15, 0.2) is 40.9 Å². The zero-order chi connectivity index (χ0) is 15.9. The highest BCUT2D eigenvalue weighted by atomic mass is 16.5. The van der Waals surface area contributed by atoms with Crippen LogP contribution >= 0.6 is 0 Å². The lowest BCUT2D eigenvalue weighted by Gasteiger charge is -2.21. The third-order valence-electron chi connectivity index (χ3n) is 3.17. The van der Waals surface area contributed by atoms with E-state index in [4.69, 9.17) is 9.63 Å². The lowest BCUT2D eigenvalue weighted by Crippen LogP contribution is -2.32. The van der Waals surface area contributed by atoms with Gasteiger partial charge < -0.3 is 14.5 Å². The molecule has 2 aromatic rings. The number of carboxylic acid groups (broad SMARTS) is 1. The van der Waals surface area contributed by atoms with Crippen LogP contribution in [-0.2, 0) is 11.3 Å². The summed E-state index contributed by atoms with van der Waals surface area (Å²) < 4.78 is 4.94. The van der Waals surface area contributed by atoms with Gasteiger partial charge in [-0.2, -0.15) is 0 Å². The Bertz CT molecular complexity index is 637. The molecule has 0 aliphatic rings. The first-order chi connectivity index (χ1) is 10.6. The van der Waals surface area contributed by atoms with Crippen LogP contribution in [0, 0.1) is 6.92 Å². The number of hydrogen-bond acceptors (Lipinski definition) is 4. The van der Waals surface area contributed by atoms with Crippen LogP contribution in [0.4, 0.5) is 0 Å². The molecule has 1 aromatic carbocycles. The first-order valence-corrected chi connectivity index (χ1v) is 7.04. The molecule has 0 radical (unpaired) electrons. The van der Waals surface area contributed by atoms with Gasteiger partial charge in [0.25, 0.3) is 5.91 Å². The van der Waals surface area contributed by atoms with Crippen LogP contribution in [0.2, 0.25) is 0 Å². The molecule has 2 rings (SSSR count). The molecule has 116 valence electrons. The van der Waals surface area contributed by atoms with E-state index in [0.29, 0.717) is 25.3 Å². The second-order valence-corrected chi connectivity index (χ2v) is 5.03. The van der Waals surface area contributed by atoms with Crippen molar-refractivity contribution < 1.29 is 19.2 Å². The Morgan fingerprint density at radius 1 is 1.27 bits per heavy atom. The molecule has 0 saturated heterocycles. The van der Waals surface area contributed by atoms with E-state index in [0.717, 1.165) is 5.56 Å². The summed E-state index contributed by atoms with van der Waals surface area (Å²) in [7, 11) is 0. The maximum absolute atomic E-state index is 12.5. The van der Waals surface area contributed by atoms with Crippen LogP contribution in [0.3, 0.4) is 0 Å². The first-order valence-electron chi connectivity index (χ1n) is 7.04. The number of aliphatic carboxylic acids is 1. The van der Waals surface area contributed by atoms with Crippen molar-refractivity contribution >= 4 is 11.9 Å². The Morgan fingerprint density at radius 2 is 2.00 bits per heavy atom. The predicted octanol–water partition coefficient (Wildman–Crippen LogP) is 2.49. The summed E-state index contributed by atoms with van der Waals surface area (Å²) in [6.45, 7) is 2.48. The highest BCUT2D eigenvalue weighted by molar-refractivity contribution is 5.92. The fraction of sp³-hybridized carbons (Fsp3) is 0.312. The van der Waals surface area contributed by atoms with Gasteiger partial charge in [-0.1, -0.05) is 35.5 Å². The minimum atomic E-state index is -0.871. The van der Waals surface area contributed by atoms with E-state index in [1.807, 2.05) is 30.3 Å². The minimum absolute atomic E-state index is 0.0242. The Morgan fingerprint density at radius 3 is 2.59 bits per heavy atom. The highest BCUT2D eigenvalue weighted by Gasteiger charge is 2.19. The molecule has 0 saturated carbocycles. The van der Waals surface area contributed by atoms with Gasteiger partial charge in [0.2, 0.25) is 0 Å². The van der Waals surface area contributed by atoms with Crippen LogP contribution in [-0.4, -0.2) is 33.6 Å². The van der Waals surface area contributed by atoms with Crippen molar-refractivity contribution in [2.75, 3.05) is 6.54 Å².